The summed E-state index contributed by atoms with van der Waals surface area (Å²) >= 11 is 0. The molecule has 2 aromatic rings. The Bertz CT molecular complexity index is 1320. The molecule has 5 atom stereocenters. The number of carbonyl (C=O) groups is 1. The molecule has 228 valence electrons. The summed E-state index contributed by atoms with van der Waals surface area (Å²) in [6.07, 6.45) is 1.95. The van der Waals surface area contributed by atoms with Gasteiger partial charge in [-0.15, -0.1) is 6.58 Å². The number of benzene rings is 2. The highest BCUT2D eigenvalue weighted by atomic mass is 32.2. The molecule has 2 aliphatic rings. The van der Waals surface area contributed by atoms with Crippen molar-refractivity contribution < 1.29 is 42.0 Å². The van der Waals surface area contributed by atoms with Crippen molar-refractivity contribution in [2.24, 2.45) is 11.8 Å². The molecule has 2 fully saturated rings. The average Bonchev–Trinajstić information content (AvgIpc) is 3.61. The van der Waals surface area contributed by atoms with E-state index < -0.39 is 34.1 Å². The van der Waals surface area contributed by atoms with E-state index in [9.17, 15) is 18.3 Å². The van der Waals surface area contributed by atoms with Crippen molar-refractivity contribution in [3.05, 3.63) is 79.4 Å². The molecule has 2 heterocycles. The maximum Gasteiger partial charge on any atom is 0.306 e. The van der Waals surface area contributed by atoms with Gasteiger partial charge in [0.05, 0.1) is 38.8 Å². The van der Waals surface area contributed by atoms with Gasteiger partial charge in [0.2, 0.25) is 10.0 Å². The van der Waals surface area contributed by atoms with Crippen LogP contribution in [0.25, 0.3) is 0 Å². The normalized spacial score (nSPS) is 21.4. The van der Waals surface area contributed by atoms with E-state index in [0.29, 0.717) is 18.8 Å². The van der Waals surface area contributed by atoms with Crippen molar-refractivity contribution in [1.82, 2.24) is 4.31 Å². The Morgan fingerprint density at radius 2 is 1.95 bits per heavy atom. The van der Waals surface area contributed by atoms with Gasteiger partial charge in [0.25, 0.3) is 0 Å². The lowest BCUT2D eigenvalue weighted by Gasteiger charge is -2.29. The molecule has 4 rings (SSSR count). The van der Waals surface area contributed by atoms with Gasteiger partial charge in [0.15, 0.2) is 6.29 Å². The smallest absolute Gasteiger partial charge is 0.306 e. The first-order valence-corrected chi connectivity index (χ1v) is 15.4. The van der Waals surface area contributed by atoms with Crippen molar-refractivity contribution in [2.45, 2.75) is 42.7 Å². The fraction of sp³-hybridized carbons (Fsp3) is 0.452. The molecule has 0 saturated carbocycles. The van der Waals surface area contributed by atoms with Crippen LogP contribution in [0.2, 0.25) is 0 Å². The van der Waals surface area contributed by atoms with Gasteiger partial charge in [-0.25, -0.2) is 8.42 Å². The number of ether oxygens (including phenoxy) is 5. The summed E-state index contributed by atoms with van der Waals surface area (Å²) in [5.41, 5.74) is 0.899. The van der Waals surface area contributed by atoms with Crippen molar-refractivity contribution in [1.29, 1.82) is 0 Å². The number of esters is 1. The number of hydrogen-bond donors (Lipinski definition) is 1. The van der Waals surface area contributed by atoms with Crippen LogP contribution in [0.1, 0.15) is 18.4 Å². The number of carbonyl (C=O) groups excluding carboxylic acids is 1. The number of nitrogens with zero attached hydrogens (tertiary/aromatic N) is 1. The Morgan fingerprint density at radius 3 is 2.67 bits per heavy atom. The minimum Gasteiger partial charge on any atom is -0.497 e. The van der Waals surface area contributed by atoms with E-state index in [1.165, 1.54) is 37.5 Å². The predicted octanol–water partition coefficient (Wildman–Crippen LogP) is 3.35. The third-order valence-electron chi connectivity index (χ3n) is 7.43. The van der Waals surface area contributed by atoms with Gasteiger partial charge < -0.3 is 28.8 Å². The number of fused-ring (bicyclic) bond motifs is 1. The molecule has 0 radical (unpaired) electrons. The van der Waals surface area contributed by atoms with E-state index in [4.69, 9.17) is 23.7 Å². The molecular weight excluding hydrogens is 562 g/mol. The number of aliphatic hydroxyl groups is 1. The van der Waals surface area contributed by atoms with Crippen LogP contribution in [0.5, 0.6) is 11.5 Å². The molecule has 2 aromatic carbocycles. The Balaban J connectivity index is 1.54. The summed E-state index contributed by atoms with van der Waals surface area (Å²) in [4.78, 5) is 13.0. The van der Waals surface area contributed by atoms with Gasteiger partial charge in [0.1, 0.15) is 29.1 Å². The summed E-state index contributed by atoms with van der Waals surface area (Å²) in [7, 11) is -2.70. The van der Waals surface area contributed by atoms with Crippen molar-refractivity contribution >= 4 is 16.0 Å². The van der Waals surface area contributed by atoms with Crippen LogP contribution in [0, 0.1) is 11.8 Å². The summed E-state index contributed by atoms with van der Waals surface area (Å²) in [5, 5.41) is 11.5. The molecule has 0 aliphatic carbocycles. The van der Waals surface area contributed by atoms with Crippen LogP contribution in [0.4, 0.5) is 0 Å². The minimum atomic E-state index is -4.17. The number of rotatable bonds is 16. The van der Waals surface area contributed by atoms with E-state index in [-0.39, 0.29) is 55.6 Å². The minimum absolute atomic E-state index is 0.0123. The Labute approximate surface area is 247 Å². The zero-order valence-electron chi connectivity index (χ0n) is 23.8. The second-order valence-electron chi connectivity index (χ2n) is 10.3. The fourth-order valence-corrected chi connectivity index (χ4v) is 6.78. The summed E-state index contributed by atoms with van der Waals surface area (Å²) in [6, 6.07) is 13.8. The Hall–Kier alpha value is -3.22. The number of sulfonamides is 1. The maximum atomic E-state index is 13.9. The maximum absolute atomic E-state index is 13.9. The summed E-state index contributed by atoms with van der Waals surface area (Å²) in [5.74, 6) is -0.609. The second-order valence-corrected chi connectivity index (χ2v) is 12.2. The lowest BCUT2D eigenvalue weighted by molar-refractivity contribution is -0.153. The van der Waals surface area contributed by atoms with Crippen molar-refractivity contribution in [2.75, 3.05) is 40.0 Å². The van der Waals surface area contributed by atoms with Crippen LogP contribution >= 0.6 is 0 Å². The van der Waals surface area contributed by atoms with Crippen LogP contribution in [-0.4, -0.2) is 82.3 Å². The Morgan fingerprint density at radius 1 is 1.17 bits per heavy atom. The molecule has 0 bridgehead atoms. The molecule has 1 unspecified atom stereocenters. The second kappa shape index (κ2) is 14.8. The van der Waals surface area contributed by atoms with E-state index in [2.05, 4.69) is 13.2 Å². The largest absolute Gasteiger partial charge is 0.497 e. The number of aliphatic hydroxyl groups excluding tert-OH is 1. The third kappa shape index (κ3) is 7.78. The monoisotopic (exact) mass is 601 g/mol. The molecule has 42 heavy (non-hydrogen) atoms. The van der Waals surface area contributed by atoms with Crippen LogP contribution < -0.4 is 9.47 Å². The van der Waals surface area contributed by atoms with E-state index in [1.807, 2.05) is 30.3 Å². The highest BCUT2D eigenvalue weighted by Gasteiger charge is 2.44. The zero-order chi connectivity index (χ0) is 30.1. The lowest BCUT2D eigenvalue weighted by Crippen LogP contribution is -2.42. The molecule has 0 amide bonds. The molecule has 0 spiro atoms. The van der Waals surface area contributed by atoms with E-state index in [0.717, 1.165) is 16.3 Å². The fourth-order valence-electron chi connectivity index (χ4n) is 5.24. The van der Waals surface area contributed by atoms with Gasteiger partial charge in [-0.2, -0.15) is 4.31 Å². The topological polar surface area (TPSA) is 121 Å². The molecule has 11 heteroatoms. The Kier molecular flexibility index (Phi) is 11.2. The van der Waals surface area contributed by atoms with Gasteiger partial charge in [-0.1, -0.05) is 49.1 Å². The van der Waals surface area contributed by atoms with Crippen molar-refractivity contribution in [3.63, 3.8) is 0 Å². The predicted molar refractivity (Wildman–Crippen MR) is 156 cm³/mol. The average molecular weight is 602 g/mol. The molecule has 1 N–H and O–H groups in total. The van der Waals surface area contributed by atoms with Crippen LogP contribution in [0.15, 0.2) is 78.7 Å². The SMILES string of the molecule is C=CCOc1cc(OC)ccc1S(=O)(=O)N(CC=C)C[C@@H](O)[C@@H](CC(=O)O[C@H]1CO[C@H]2OCCC21)Cc1ccccc1. The van der Waals surface area contributed by atoms with Gasteiger partial charge in [0, 0.05) is 25.1 Å². The highest BCUT2D eigenvalue weighted by Crippen LogP contribution is 2.34. The summed E-state index contributed by atoms with van der Waals surface area (Å²) in [6.45, 7) is 7.88. The van der Waals surface area contributed by atoms with Gasteiger partial charge >= 0.3 is 5.97 Å². The molecule has 0 aromatic heterocycles. The highest BCUT2D eigenvalue weighted by molar-refractivity contribution is 7.89. The van der Waals surface area contributed by atoms with Crippen molar-refractivity contribution in [3.8, 4) is 11.5 Å². The first-order chi connectivity index (χ1) is 20.3. The van der Waals surface area contributed by atoms with Crippen LogP contribution in [0.3, 0.4) is 0 Å². The first-order valence-electron chi connectivity index (χ1n) is 13.9. The third-order valence-corrected chi connectivity index (χ3v) is 9.30. The number of methoxy groups -OCH3 is 1. The lowest BCUT2D eigenvalue weighted by atomic mass is 9.90. The van der Waals surface area contributed by atoms with E-state index >= 15 is 0 Å². The molecule has 10 nitrogen and oxygen atoms in total. The summed E-state index contributed by atoms with van der Waals surface area (Å²) < 4.78 is 56.7. The molecule has 2 aliphatic heterocycles. The van der Waals surface area contributed by atoms with Crippen LogP contribution in [-0.2, 0) is 35.4 Å². The van der Waals surface area contributed by atoms with E-state index in [1.54, 1.807) is 0 Å². The van der Waals surface area contributed by atoms with Gasteiger partial charge in [-0.05, 0) is 30.5 Å². The standard InChI is InChI=1S/C31H39NO9S/c1-4-14-32(42(35,36)29-12-11-24(37-3)19-27(29)38-15-5-2)20-26(33)23(17-22-9-7-6-8-10-22)18-30(34)41-28-21-40-31-25(28)13-16-39-31/h4-12,19,23,25-26,28,31,33H,1-2,13-18,20-21H2,3H3/t23-,25?,26-,28+,31-/m1/s1. The number of hydrogen-bond acceptors (Lipinski definition) is 9. The molecular formula is C31H39NO9S. The molecule has 2 saturated heterocycles. The van der Waals surface area contributed by atoms with Gasteiger partial charge in [-0.3, -0.25) is 4.79 Å². The zero-order valence-corrected chi connectivity index (χ0v) is 24.6. The quantitative estimate of drug-likeness (QED) is 0.228. The first kappa shape index (κ1) is 31.7.